The van der Waals surface area contributed by atoms with Crippen molar-refractivity contribution in [3.8, 4) is 0 Å². The number of amides is 1. The van der Waals surface area contributed by atoms with Crippen LogP contribution in [0, 0.1) is 0 Å². The maximum atomic E-state index is 12.3. The van der Waals surface area contributed by atoms with Crippen molar-refractivity contribution >= 4 is 21.9 Å². The topological polar surface area (TPSA) is 98.5 Å². The number of sulfonamides is 1. The molecule has 3 heterocycles. The molecule has 1 N–H and O–H groups in total. The SMILES string of the molecule is CCNC(=NCCN1CCCS1(=O)=O)N1CCN(C(=O)c2ccco2)CC1. The van der Waals surface area contributed by atoms with E-state index in [0.29, 0.717) is 58.0 Å². The van der Waals surface area contributed by atoms with E-state index in [0.717, 1.165) is 12.5 Å². The fourth-order valence-corrected chi connectivity index (χ4v) is 4.83. The molecule has 1 aromatic heterocycles. The molecule has 0 unspecified atom stereocenters. The first-order chi connectivity index (χ1) is 13.0. The summed E-state index contributed by atoms with van der Waals surface area (Å²) in [6.45, 7) is 6.66. The van der Waals surface area contributed by atoms with Crippen LogP contribution >= 0.6 is 0 Å². The van der Waals surface area contributed by atoms with E-state index in [9.17, 15) is 13.2 Å². The molecular weight excluding hydrogens is 370 g/mol. The predicted octanol–water partition coefficient (Wildman–Crippen LogP) is 0.0384. The van der Waals surface area contributed by atoms with Gasteiger partial charge in [-0.15, -0.1) is 0 Å². The van der Waals surface area contributed by atoms with E-state index in [1.54, 1.807) is 17.0 Å². The molecule has 3 rings (SSSR count). The van der Waals surface area contributed by atoms with E-state index in [1.165, 1.54) is 10.6 Å². The van der Waals surface area contributed by atoms with E-state index < -0.39 is 10.0 Å². The summed E-state index contributed by atoms with van der Waals surface area (Å²) in [6.07, 6.45) is 2.19. The monoisotopic (exact) mass is 397 g/mol. The number of rotatable bonds is 5. The summed E-state index contributed by atoms with van der Waals surface area (Å²) in [6, 6.07) is 3.38. The van der Waals surface area contributed by atoms with Gasteiger partial charge in [0, 0.05) is 45.8 Å². The highest BCUT2D eigenvalue weighted by Gasteiger charge is 2.28. The Morgan fingerprint density at radius 2 is 1.96 bits per heavy atom. The average molecular weight is 398 g/mol. The number of nitrogens with one attached hydrogen (secondary N) is 1. The van der Waals surface area contributed by atoms with Crippen molar-refractivity contribution < 1.29 is 17.6 Å². The Hall–Kier alpha value is -2.07. The lowest BCUT2D eigenvalue weighted by Gasteiger charge is -2.36. The van der Waals surface area contributed by atoms with Crippen LogP contribution in [0.5, 0.6) is 0 Å². The number of carbonyl (C=O) groups is 1. The van der Waals surface area contributed by atoms with Crippen LogP contribution in [0.15, 0.2) is 27.8 Å². The minimum atomic E-state index is -3.08. The average Bonchev–Trinajstić information content (AvgIpc) is 3.30. The number of carbonyl (C=O) groups excluding carboxylic acids is 1. The molecule has 0 radical (unpaired) electrons. The Morgan fingerprint density at radius 1 is 1.22 bits per heavy atom. The summed E-state index contributed by atoms with van der Waals surface area (Å²) in [5.74, 6) is 1.26. The number of piperazine rings is 1. The van der Waals surface area contributed by atoms with Gasteiger partial charge in [-0.2, -0.15) is 0 Å². The Bertz CT molecular complexity index is 754. The van der Waals surface area contributed by atoms with Gasteiger partial charge in [-0.05, 0) is 25.5 Å². The van der Waals surface area contributed by atoms with E-state index in [2.05, 4.69) is 15.2 Å². The molecule has 9 nitrogen and oxygen atoms in total. The van der Waals surface area contributed by atoms with Crippen LogP contribution < -0.4 is 5.32 Å². The maximum absolute atomic E-state index is 12.3. The Morgan fingerprint density at radius 3 is 2.56 bits per heavy atom. The minimum Gasteiger partial charge on any atom is -0.459 e. The summed E-state index contributed by atoms with van der Waals surface area (Å²) in [5, 5.41) is 3.26. The molecule has 2 aliphatic rings. The number of nitrogens with zero attached hydrogens (tertiary/aromatic N) is 4. The summed E-state index contributed by atoms with van der Waals surface area (Å²) >= 11 is 0. The van der Waals surface area contributed by atoms with Gasteiger partial charge < -0.3 is 19.5 Å². The number of hydrogen-bond donors (Lipinski definition) is 1. The lowest BCUT2D eigenvalue weighted by molar-refractivity contribution is 0.0657. The third kappa shape index (κ3) is 4.81. The molecule has 0 aliphatic carbocycles. The van der Waals surface area contributed by atoms with Crippen LogP contribution in [-0.2, 0) is 10.0 Å². The van der Waals surface area contributed by atoms with Crippen LogP contribution in [0.3, 0.4) is 0 Å². The third-order valence-electron chi connectivity index (χ3n) is 4.75. The fourth-order valence-electron chi connectivity index (χ4n) is 3.31. The van der Waals surface area contributed by atoms with Crippen molar-refractivity contribution in [3.05, 3.63) is 24.2 Å². The van der Waals surface area contributed by atoms with E-state index >= 15 is 0 Å². The quantitative estimate of drug-likeness (QED) is 0.556. The lowest BCUT2D eigenvalue weighted by atomic mass is 10.3. The molecule has 2 aliphatic heterocycles. The van der Waals surface area contributed by atoms with Gasteiger partial charge in [-0.25, -0.2) is 12.7 Å². The second-order valence-corrected chi connectivity index (χ2v) is 8.65. The molecule has 1 amide bonds. The Balaban J connectivity index is 1.54. The predicted molar refractivity (Wildman–Crippen MR) is 102 cm³/mol. The molecule has 1 aromatic rings. The first-order valence-corrected chi connectivity index (χ1v) is 11.0. The zero-order chi connectivity index (χ0) is 19.3. The zero-order valence-electron chi connectivity index (χ0n) is 15.6. The molecule has 2 fully saturated rings. The van der Waals surface area contributed by atoms with Crippen LogP contribution in [-0.4, -0.2) is 92.5 Å². The van der Waals surface area contributed by atoms with Gasteiger partial charge in [0.2, 0.25) is 10.0 Å². The first-order valence-electron chi connectivity index (χ1n) is 9.35. The van der Waals surface area contributed by atoms with Crippen molar-refractivity contribution in [2.75, 3.05) is 58.1 Å². The van der Waals surface area contributed by atoms with Crippen molar-refractivity contribution in [3.63, 3.8) is 0 Å². The van der Waals surface area contributed by atoms with Crippen molar-refractivity contribution in [2.24, 2.45) is 4.99 Å². The first kappa shape index (κ1) is 19.7. The van der Waals surface area contributed by atoms with Gasteiger partial charge in [0.15, 0.2) is 11.7 Å². The third-order valence-corrected chi connectivity index (χ3v) is 6.70. The second-order valence-electron chi connectivity index (χ2n) is 6.56. The Kier molecular flexibility index (Phi) is 6.38. The summed E-state index contributed by atoms with van der Waals surface area (Å²) < 4.78 is 30.4. The van der Waals surface area contributed by atoms with Gasteiger partial charge in [-0.1, -0.05) is 0 Å². The molecule has 0 atom stereocenters. The highest BCUT2D eigenvalue weighted by atomic mass is 32.2. The number of guanidine groups is 1. The summed E-state index contributed by atoms with van der Waals surface area (Å²) in [7, 11) is -3.08. The van der Waals surface area contributed by atoms with Crippen molar-refractivity contribution in [2.45, 2.75) is 13.3 Å². The zero-order valence-corrected chi connectivity index (χ0v) is 16.4. The molecule has 0 spiro atoms. The summed E-state index contributed by atoms with van der Waals surface area (Å²) in [5.41, 5.74) is 0. The number of aliphatic imine (C=N–C) groups is 1. The maximum Gasteiger partial charge on any atom is 0.289 e. The van der Waals surface area contributed by atoms with Gasteiger partial charge in [0.05, 0.1) is 18.6 Å². The molecular formula is C17H27N5O4S. The van der Waals surface area contributed by atoms with Crippen molar-refractivity contribution in [1.29, 1.82) is 0 Å². The number of hydrogen-bond acceptors (Lipinski definition) is 5. The van der Waals surface area contributed by atoms with Crippen molar-refractivity contribution in [1.82, 2.24) is 19.4 Å². The van der Waals surface area contributed by atoms with Crippen LogP contribution in [0.4, 0.5) is 0 Å². The van der Waals surface area contributed by atoms with Gasteiger partial charge in [-0.3, -0.25) is 9.79 Å². The molecule has 10 heteroatoms. The lowest BCUT2D eigenvalue weighted by Crippen LogP contribution is -2.53. The summed E-state index contributed by atoms with van der Waals surface area (Å²) in [4.78, 5) is 20.8. The molecule has 150 valence electrons. The highest BCUT2D eigenvalue weighted by molar-refractivity contribution is 7.89. The van der Waals surface area contributed by atoms with Crippen LogP contribution in [0.2, 0.25) is 0 Å². The highest BCUT2D eigenvalue weighted by Crippen LogP contribution is 2.13. The van der Waals surface area contributed by atoms with Gasteiger partial charge in [0.25, 0.3) is 5.91 Å². The number of furan rings is 1. The van der Waals surface area contributed by atoms with Crippen LogP contribution in [0.25, 0.3) is 0 Å². The fraction of sp³-hybridized carbons (Fsp3) is 0.647. The minimum absolute atomic E-state index is 0.0965. The van der Waals surface area contributed by atoms with Gasteiger partial charge in [0.1, 0.15) is 0 Å². The standard InChI is InChI=1S/C17H27N5O4S/c1-2-18-17(19-6-8-22-7-4-14-27(22,24)25)21-11-9-20(10-12-21)16(23)15-5-3-13-26-15/h3,5,13H,2,4,6-12,14H2,1H3,(H,18,19). The second kappa shape index (κ2) is 8.75. The van der Waals surface area contributed by atoms with E-state index in [4.69, 9.17) is 4.42 Å². The Labute approximate surface area is 160 Å². The van der Waals surface area contributed by atoms with E-state index in [1.807, 2.05) is 6.92 Å². The van der Waals surface area contributed by atoms with Gasteiger partial charge >= 0.3 is 0 Å². The molecule has 27 heavy (non-hydrogen) atoms. The van der Waals surface area contributed by atoms with Crippen LogP contribution in [0.1, 0.15) is 23.9 Å². The smallest absolute Gasteiger partial charge is 0.289 e. The normalized spacial score (nSPS) is 20.9. The molecule has 2 saturated heterocycles. The van der Waals surface area contributed by atoms with E-state index in [-0.39, 0.29) is 11.7 Å². The largest absolute Gasteiger partial charge is 0.459 e. The molecule has 0 aromatic carbocycles. The molecule has 0 saturated carbocycles. The molecule has 0 bridgehead atoms.